The van der Waals surface area contributed by atoms with Crippen LogP contribution in [0.5, 0.6) is 5.75 Å². The smallest absolute Gasteiger partial charge is 0.326 e. The highest BCUT2D eigenvalue weighted by Crippen LogP contribution is 2.27. The quantitative estimate of drug-likeness (QED) is 0.116. The number of furan rings is 1. The molecule has 0 spiro atoms. The third-order valence-electron chi connectivity index (χ3n) is 9.53. The summed E-state index contributed by atoms with van der Waals surface area (Å²) in [7, 11) is 0. The Kier molecular flexibility index (Phi) is 14.8. The highest BCUT2D eigenvalue weighted by Gasteiger charge is 2.50. The lowest BCUT2D eigenvalue weighted by Gasteiger charge is -2.51. The fourth-order valence-corrected chi connectivity index (χ4v) is 6.82. The zero-order valence-corrected chi connectivity index (χ0v) is 31.7. The first-order valence-corrected chi connectivity index (χ1v) is 18.6. The number of nitrogens with one attached hydrogen (secondary N) is 3. The molecule has 2 aliphatic heterocycles. The number of unbranched alkanes of at least 4 members (excludes halogenated alkanes) is 1. The first-order valence-electron chi connectivity index (χ1n) is 18.6. The number of phenolic OH excluding ortho intramolecular Hbond substituents is 1. The molecule has 1 aromatic heterocycles. The molecule has 1 unspecified atom stereocenters. The number of aliphatic carboxylic acids is 1. The molecule has 5 atom stereocenters. The molecule has 0 saturated carbocycles. The number of hydrogen-bond donors (Lipinski definition) is 6. The van der Waals surface area contributed by atoms with Gasteiger partial charge in [0.15, 0.2) is 5.76 Å². The number of hydrogen-bond acceptors (Lipinski definition) is 10. The van der Waals surface area contributed by atoms with Gasteiger partial charge in [-0.1, -0.05) is 39.8 Å². The largest absolute Gasteiger partial charge is 0.508 e. The number of carbonyl (C=O) groups excluding carboxylic acids is 6. The van der Waals surface area contributed by atoms with E-state index in [-0.39, 0.29) is 68.0 Å². The van der Waals surface area contributed by atoms with E-state index < -0.39 is 72.4 Å². The summed E-state index contributed by atoms with van der Waals surface area (Å²) >= 11 is 0. The van der Waals surface area contributed by atoms with Gasteiger partial charge < -0.3 is 51.0 Å². The van der Waals surface area contributed by atoms with Gasteiger partial charge in [0.2, 0.25) is 29.5 Å². The molecule has 6 amide bonds. The Bertz CT molecular complexity index is 1680. The van der Waals surface area contributed by atoms with Crippen molar-refractivity contribution in [1.82, 2.24) is 30.7 Å². The van der Waals surface area contributed by atoms with Crippen LogP contribution in [0.3, 0.4) is 0 Å². The Morgan fingerprint density at radius 2 is 1.62 bits per heavy atom. The number of carboxylic acid groups (broad SMARTS) is 1. The van der Waals surface area contributed by atoms with Crippen molar-refractivity contribution in [3.63, 3.8) is 0 Å². The Hall–Kier alpha value is -5.45. The number of phenols is 1. The molecule has 7 N–H and O–H groups in total. The number of nitrogens with two attached hydrogens (primary N) is 1. The van der Waals surface area contributed by atoms with Crippen LogP contribution in [0, 0.1) is 11.8 Å². The van der Waals surface area contributed by atoms with E-state index in [1.807, 2.05) is 27.7 Å². The number of aromatic hydroxyl groups is 1. The van der Waals surface area contributed by atoms with Crippen molar-refractivity contribution in [3.05, 3.63) is 54.0 Å². The third kappa shape index (κ3) is 11.3. The standard InChI is InChI=1S/C38H53N7O10/c1-22(2)16-26(34(49)42-27(38(53)54)18-24-10-12-25(46)13-11-24)41-35(50)29(8-5-6-14-39)43-20-32-44(37(52)30-9-7-15-55-30)19-28(40-31(47)17-23(3)4)36(51)45(32)21-33(43)48/h7,9-13,15,22-23,26-29,32,46H,5-6,8,14,16-21,39H2,1-4H3,(H,40,47)(H,41,50)(H,42,49)(H,53,54)/t26-,27-,28-,29-,32?/m0/s1. The van der Waals surface area contributed by atoms with Gasteiger partial charge in [-0.3, -0.25) is 28.8 Å². The molecule has 2 fully saturated rings. The maximum absolute atomic E-state index is 14.2. The Labute approximate surface area is 319 Å². The van der Waals surface area contributed by atoms with Gasteiger partial charge >= 0.3 is 5.97 Å². The second-order valence-electron chi connectivity index (χ2n) is 14.9. The van der Waals surface area contributed by atoms with Crippen molar-refractivity contribution in [2.24, 2.45) is 17.6 Å². The lowest BCUT2D eigenvalue weighted by Crippen LogP contribution is -2.74. The Balaban J connectivity index is 1.59. The second-order valence-corrected chi connectivity index (χ2v) is 14.9. The van der Waals surface area contributed by atoms with Gasteiger partial charge in [-0.25, -0.2) is 4.79 Å². The van der Waals surface area contributed by atoms with E-state index in [4.69, 9.17) is 10.2 Å². The van der Waals surface area contributed by atoms with E-state index in [2.05, 4.69) is 16.0 Å². The first kappa shape index (κ1) is 42.3. The van der Waals surface area contributed by atoms with Crippen LogP contribution >= 0.6 is 0 Å². The number of amides is 6. The van der Waals surface area contributed by atoms with Crippen molar-refractivity contribution in [2.75, 3.05) is 26.2 Å². The van der Waals surface area contributed by atoms with Crippen molar-refractivity contribution in [3.8, 4) is 5.75 Å². The number of rotatable bonds is 18. The van der Waals surface area contributed by atoms with Crippen molar-refractivity contribution in [1.29, 1.82) is 0 Å². The first-order chi connectivity index (χ1) is 26.1. The summed E-state index contributed by atoms with van der Waals surface area (Å²) in [4.78, 5) is 98.2. The third-order valence-corrected chi connectivity index (χ3v) is 9.53. The minimum absolute atomic E-state index is 0.00184. The van der Waals surface area contributed by atoms with Gasteiger partial charge in [-0.2, -0.15) is 0 Å². The molecule has 2 aliphatic rings. The summed E-state index contributed by atoms with van der Waals surface area (Å²) in [6.45, 7) is 6.75. The zero-order chi connectivity index (χ0) is 40.4. The predicted molar refractivity (Wildman–Crippen MR) is 198 cm³/mol. The van der Waals surface area contributed by atoms with Crippen LogP contribution < -0.4 is 21.7 Å². The Morgan fingerprint density at radius 1 is 0.927 bits per heavy atom. The van der Waals surface area contributed by atoms with Gasteiger partial charge in [-0.05, 0) is 73.9 Å². The molecule has 17 heteroatoms. The number of piperazine rings is 1. The van der Waals surface area contributed by atoms with Crippen LogP contribution in [0.4, 0.5) is 0 Å². The van der Waals surface area contributed by atoms with E-state index in [9.17, 15) is 43.8 Å². The number of nitrogens with zero attached hydrogens (tertiary/aromatic N) is 3. The fourth-order valence-electron chi connectivity index (χ4n) is 6.82. The van der Waals surface area contributed by atoms with Crippen LogP contribution in [0.1, 0.15) is 75.9 Å². The lowest BCUT2D eigenvalue weighted by molar-refractivity contribution is -0.165. The van der Waals surface area contributed by atoms with Gasteiger partial charge in [0.25, 0.3) is 5.91 Å². The van der Waals surface area contributed by atoms with Gasteiger partial charge in [0.1, 0.15) is 42.6 Å². The van der Waals surface area contributed by atoms with Gasteiger partial charge in [-0.15, -0.1) is 0 Å². The molecule has 0 radical (unpaired) electrons. The van der Waals surface area contributed by atoms with Crippen LogP contribution in [0.15, 0.2) is 47.1 Å². The summed E-state index contributed by atoms with van der Waals surface area (Å²) in [5, 5.41) is 27.5. The highest BCUT2D eigenvalue weighted by atomic mass is 16.4. The summed E-state index contributed by atoms with van der Waals surface area (Å²) in [6.07, 6.45) is 1.62. The minimum Gasteiger partial charge on any atom is -0.508 e. The average molecular weight is 768 g/mol. The van der Waals surface area contributed by atoms with E-state index in [1.54, 1.807) is 12.1 Å². The van der Waals surface area contributed by atoms with Gasteiger partial charge in [0, 0.05) is 12.8 Å². The SMILES string of the molecule is CC(C)CC(=O)N[C@H]1CN(C(=O)c2ccco2)C2CN([C@@H](CCCCN)C(=O)N[C@@H](CC(C)C)C(=O)N[C@@H](Cc3ccc(O)cc3)C(=O)O)C(=O)CN2C1=O. The predicted octanol–water partition coefficient (Wildman–Crippen LogP) is 0.809. The van der Waals surface area contributed by atoms with Crippen LogP contribution in [-0.4, -0.2) is 123 Å². The lowest BCUT2D eigenvalue weighted by atomic mass is 9.99. The van der Waals surface area contributed by atoms with Crippen LogP contribution in [0.25, 0.3) is 0 Å². The van der Waals surface area contributed by atoms with E-state index in [0.29, 0.717) is 24.9 Å². The molecule has 0 bridgehead atoms. The van der Waals surface area contributed by atoms with E-state index in [0.717, 1.165) is 0 Å². The maximum atomic E-state index is 14.2. The molecule has 55 heavy (non-hydrogen) atoms. The molecule has 2 saturated heterocycles. The highest BCUT2D eigenvalue weighted by molar-refractivity contribution is 5.98. The topological polar surface area (TPSA) is 245 Å². The summed E-state index contributed by atoms with van der Waals surface area (Å²) in [5.74, 6) is -4.90. The zero-order valence-electron chi connectivity index (χ0n) is 31.7. The van der Waals surface area contributed by atoms with Crippen LogP contribution in [-0.2, 0) is 35.2 Å². The average Bonchev–Trinajstić information content (AvgIpc) is 3.66. The second kappa shape index (κ2) is 19.2. The Morgan fingerprint density at radius 3 is 2.22 bits per heavy atom. The van der Waals surface area contributed by atoms with Crippen molar-refractivity contribution in [2.45, 2.75) is 96.6 Å². The summed E-state index contributed by atoms with van der Waals surface area (Å²) < 4.78 is 5.38. The monoisotopic (exact) mass is 767 g/mol. The molecule has 3 heterocycles. The molecule has 2 aromatic rings. The minimum atomic E-state index is -1.35. The number of benzene rings is 1. The number of fused-ring (bicyclic) bond motifs is 1. The molecular weight excluding hydrogens is 714 g/mol. The fraction of sp³-hybridized carbons (Fsp3) is 0.553. The van der Waals surface area contributed by atoms with E-state index in [1.165, 1.54) is 45.2 Å². The molecular formula is C38H53N7O10. The summed E-state index contributed by atoms with van der Waals surface area (Å²) in [6, 6.07) is 4.10. The van der Waals surface area contributed by atoms with Crippen LogP contribution in [0.2, 0.25) is 0 Å². The van der Waals surface area contributed by atoms with Gasteiger partial charge in [0.05, 0.1) is 19.4 Å². The number of carboxylic acids is 1. The normalized spacial score (nSPS) is 18.8. The molecule has 1 aromatic carbocycles. The van der Waals surface area contributed by atoms with Crippen molar-refractivity contribution >= 4 is 41.4 Å². The molecule has 4 rings (SSSR count). The van der Waals surface area contributed by atoms with Crippen molar-refractivity contribution < 1.29 is 48.2 Å². The molecule has 0 aliphatic carbocycles. The maximum Gasteiger partial charge on any atom is 0.326 e. The summed E-state index contributed by atoms with van der Waals surface area (Å²) in [5.41, 5.74) is 6.31. The number of carbonyl (C=O) groups is 7. The molecule has 300 valence electrons. The molecule has 17 nitrogen and oxygen atoms in total. The van der Waals surface area contributed by atoms with E-state index >= 15 is 0 Å².